The van der Waals surface area contributed by atoms with E-state index in [1.54, 1.807) is 18.2 Å². The van der Waals surface area contributed by atoms with Crippen LogP contribution in [0.5, 0.6) is 0 Å². The van der Waals surface area contributed by atoms with Crippen LogP contribution >= 0.6 is 11.8 Å². The molecule has 1 N–H and O–H groups in total. The highest BCUT2D eigenvalue weighted by Crippen LogP contribution is 2.28. The molecule has 120 valence electrons. The van der Waals surface area contributed by atoms with Gasteiger partial charge in [-0.25, -0.2) is 4.39 Å². The summed E-state index contributed by atoms with van der Waals surface area (Å²) in [5, 5.41) is 2.92. The fraction of sp³-hybridized carbons (Fsp3) is 0.0500. The summed E-state index contributed by atoms with van der Waals surface area (Å²) in [6.45, 7) is 0. The number of thioether (sulfide) groups is 1. The lowest BCUT2D eigenvalue weighted by Crippen LogP contribution is -2.14. The summed E-state index contributed by atoms with van der Waals surface area (Å²) in [5.41, 5.74) is 2.75. The van der Waals surface area contributed by atoms with Crippen LogP contribution in [0.2, 0.25) is 0 Å². The number of carbonyl (C=O) groups is 1. The molecule has 0 aliphatic carbocycles. The average Bonchev–Trinajstić information content (AvgIpc) is 2.62. The molecule has 0 unspecified atom stereocenters. The van der Waals surface area contributed by atoms with Crippen LogP contribution in [0.4, 0.5) is 10.1 Å². The highest BCUT2D eigenvalue weighted by Gasteiger charge is 2.10. The van der Waals surface area contributed by atoms with Crippen LogP contribution in [0.1, 0.15) is 0 Å². The number of carbonyl (C=O) groups excluding carboxylic acids is 1. The van der Waals surface area contributed by atoms with Gasteiger partial charge in [-0.3, -0.25) is 4.79 Å². The van der Waals surface area contributed by atoms with Crippen LogP contribution in [0, 0.1) is 5.82 Å². The monoisotopic (exact) mass is 337 g/mol. The number of hydrogen-bond donors (Lipinski definition) is 1. The molecule has 2 nitrogen and oxygen atoms in total. The van der Waals surface area contributed by atoms with Crippen LogP contribution in [0.15, 0.2) is 83.8 Å². The smallest absolute Gasteiger partial charge is 0.234 e. The number of rotatable bonds is 5. The van der Waals surface area contributed by atoms with Gasteiger partial charge in [0.1, 0.15) is 5.82 Å². The standard InChI is InChI=1S/C20H16FNOS/c21-17-11-5-7-13-19(17)24-14-20(23)22-18-12-6-4-10-16(18)15-8-2-1-3-9-15/h1-13H,14H2,(H,22,23). The first kappa shape index (κ1) is 16.3. The van der Waals surface area contributed by atoms with E-state index >= 15 is 0 Å². The molecular formula is C20H16FNOS. The highest BCUT2D eigenvalue weighted by molar-refractivity contribution is 8.00. The normalized spacial score (nSPS) is 10.4. The van der Waals surface area contributed by atoms with E-state index in [0.29, 0.717) is 4.90 Å². The molecule has 0 saturated heterocycles. The van der Waals surface area contributed by atoms with E-state index in [1.165, 1.54) is 17.8 Å². The van der Waals surface area contributed by atoms with Crippen LogP contribution in [0.25, 0.3) is 11.1 Å². The van der Waals surface area contributed by atoms with E-state index in [9.17, 15) is 9.18 Å². The zero-order valence-corrected chi connectivity index (χ0v) is 13.7. The van der Waals surface area contributed by atoms with E-state index in [4.69, 9.17) is 0 Å². The maximum absolute atomic E-state index is 13.6. The van der Waals surface area contributed by atoms with E-state index in [1.807, 2.05) is 54.6 Å². The minimum atomic E-state index is -0.306. The lowest BCUT2D eigenvalue weighted by Gasteiger charge is -2.11. The molecule has 0 atom stereocenters. The van der Waals surface area contributed by atoms with Gasteiger partial charge in [-0.15, -0.1) is 11.8 Å². The molecule has 0 heterocycles. The van der Waals surface area contributed by atoms with Gasteiger partial charge in [0.15, 0.2) is 0 Å². The van der Waals surface area contributed by atoms with Crippen LogP contribution in [0.3, 0.4) is 0 Å². The third kappa shape index (κ3) is 4.03. The van der Waals surface area contributed by atoms with Gasteiger partial charge in [0.05, 0.1) is 5.75 Å². The van der Waals surface area contributed by atoms with Crippen molar-refractivity contribution in [2.24, 2.45) is 0 Å². The van der Waals surface area contributed by atoms with Crippen molar-refractivity contribution in [2.75, 3.05) is 11.1 Å². The summed E-state index contributed by atoms with van der Waals surface area (Å²) in [5.74, 6) is -0.309. The molecule has 0 aliphatic heterocycles. The topological polar surface area (TPSA) is 29.1 Å². The van der Waals surface area contributed by atoms with Crippen molar-refractivity contribution < 1.29 is 9.18 Å². The zero-order valence-electron chi connectivity index (χ0n) is 12.9. The van der Waals surface area contributed by atoms with E-state index in [2.05, 4.69) is 5.32 Å². The second kappa shape index (κ2) is 7.79. The molecule has 1 amide bonds. The molecule has 0 fully saturated rings. The second-order valence-electron chi connectivity index (χ2n) is 5.18. The fourth-order valence-corrected chi connectivity index (χ4v) is 3.09. The summed E-state index contributed by atoms with van der Waals surface area (Å²) in [6, 6.07) is 24.0. The second-order valence-corrected chi connectivity index (χ2v) is 6.20. The van der Waals surface area contributed by atoms with Crippen molar-refractivity contribution in [2.45, 2.75) is 4.90 Å². The predicted molar refractivity (Wildman–Crippen MR) is 97.6 cm³/mol. The number of amides is 1. The molecule has 0 saturated carbocycles. The largest absolute Gasteiger partial charge is 0.325 e. The maximum atomic E-state index is 13.6. The van der Waals surface area contributed by atoms with Gasteiger partial charge in [0.25, 0.3) is 0 Å². The molecular weight excluding hydrogens is 321 g/mol. The Hall–Kier alpha value is -2.59. The molecule has 0 bridgehead atoms. The van der Waals surface area contributed by atoms with Crippen LogP contribution in [-0.4, -0.2) is 11.7 Å². The maximum Gasteiger partial charge on any atom is 0.234 e. The molecule has 3 rings (SSSR count). The van der Waals surface area contributed by atoms with Gasteiger partial charge in [0.2, 0.25) is 5.91 Å². The summed E-state index contributed by atoms with van der Waals surface area (Å²) < 4.78 is 13.6. The van der Waals surface area contributed by atoms with Gasteiger partial charge in [-0.05, 0) is 23.8 Å². The predicted octanol–water partition coefficient (Wildman–Crippen LogP) is 5.22. The fourth-order valence-electron chi connectivity index (χ4n) is 2.35. The molecule has 3 aromatic rings. The molecule has 4 heteroatoms. The third-order valence-electron chi connectivity index (χ3n) is 3.48. The molecule has 24 heavy (non-hydrogen) atoms. The Kier molecular flexibility index (Phi) is 5.29. The van der Waals surface area contributed by atoms with Crippen LogP contribution < -0.4 is 5.32 Å². The highest BCUT2D eigenvalue weighted by atomic mass is 32.2. The number of para-hydroxylation sites is 1. The van der Waals surface area contributed by atoms with Gasteiger partial charge in [-0.1, -0.05) is 60.7 Å². The Morgan fingerprint density at radius 1 is 0.875 bits per heavy atom. The Morgan fingerprint density at radius 3 is 2.33 bits per heavy atom. The Balaban J connectivity index is 1.70. The Bertz CT molecular complexity index is 836. The quantitative estimate of drug-likeness (QED) is 0.646. The van der Waals surface area contributed by atoms with E-state index in [0.717, 1.165) is 16.8 Å². The number of benzene rings is 3. The number of anilines is 1. The molecule has 0 aromatic heterocycles. The molecule has 3 aromatic carbocycles. The van der Waals surface area contributed by atoms with Gasteiger partial charge < -0.3 is 5.32 Å². The first-order valence-corrected chi connectivity index (χ1v) is 8.54. The first-order chi connectivity index (χ1) is 11.7. The van der Waals surface area contributed by atoms with E-state index < -0.39 is 0 Å². The van der Waals surface area contributed by atoms with Crippen LogP contribution in [-0.2, 0) is 4.79 Å². The van der Waals surface area contributed by atoms with Crippen molar-refractivity contribution in [3.05, 3.63) is 84.7 Å². The Morgan fingerprint density at radius 2 is 1.54 bits per heavy atom. The van der Waals surface area contributed by atoms with Crippen molar-refractivity contribution in [3.8, 4) is 11.1 Å². The van der Waals surface area contributed by atoms with Crippen molar-refractivity contribution in [1.82, 2.24) is 0 Å². The van der Waals surface area contributed by atoms with Crippen molar-refractivity contribution >= 4 is 23.4 Å². The molecule has 0 spiro atoms. The van der Waals surface area contributed by atoms with Crippen molar-refractivity contribution in [3.63, 3.8) is 0 Å². The third-order valence-corrected chi connectivity index (χ3v) is 4.53. The lowest BCUT2D eigenvalue weighted by atomic mass is 10.0. The van der Waals surface area contributed by atoms with Gasteiger partial charge in [0, 0.05) is 16.1 Å². The average molecular weight is 337 g/mol. The number of nitrogens with one attached hydrogen (secondary N) is 1. The molecule has 0 aliphatic rings. The Labute approximate surface area is 144 Å². The lowest BCUT2D eigenvalue weighted by molar-refractivity contribution is -0.113. The number of halogens is 1. The van der Waals surface area contributed by atoms with E-state index in [-0.39, 0.29) is 17.5 Å². The minimum Gasteiger partial charge on any atom is -0.325 e. The molecule has 0 radical (unpaired) electrons. The van der Waals surface area contributed by atoms with Gasteiger partial charge in [-0.2, -0.15) is 0 Å². The summed E-state index contributed by atoms with van der Waals surface area (Å²) in [7, 11) is 0. The summed E-state index contributed by atoms with van der Waals surface area (Å²) in [4.78, 5) is 12.7. The summed E-state index contributed by atoms with van der Waals surface area (Å²) >= 11 is 1.19. The zero-order chi connectivity index (χ0) is 16.8. The first-order valence-electron chi connectivity index (χ1n) is 7.55. The minimum absolute atomic E-state index is 0.157. The summed E-state index contributed by atoms with van der Waals surface area (Å²) in [6.07, 6.45) is 0. The SMILES string of the molecule is O=C(CSc1ccccc1F)Nc1ccccc1-c1ccccc1. The van der Waals surface area contributed by atoms with Crippen molar-refractivity contribution in [1.29, 1.82) is 0 Å². The van der Waals surface area contributed by atoms with Gasteiger partial charge >= 0.3 is 0 Å². The number of hydrogen-bond acceptors (Lipinski definition) is 2.